The van der Waals surface area contributed by atoms with Crippen LogP contribution in [0, 0.1) is 34.6 Å². The van der Waals surface area contributed by atoms with Crippen molar-refractivity contribution in [2.24, 2.45) is 0 Å². The Hall–Kier alpha value is -3.91. The summed E-state index contributed by atoms with van der Waals surface area (Å²) in [4.78, 5) is 26.5. The average molecular weight is 498 g/mol. The number of aromatic nitrogens is 4. The summed E-state index contributed by atoms with van der Waals surface area (Å²) in [6.45, 7) is 9.99. The summed E-state index contributed by atoms with van der Waals surface area (Å²) in [5.41, 5.74) is 7.35. The van der Waals surface area contributed by atoms with E-state index in [9.17, 15) is 9.59 Å². The third-order valence-electron chi connectivity index (χ3n) is 6.33. The lowest BCUT2D eigenvalue weighted by molar-refractivity contribution is -0.113. The molecule has 3 aromatic carbocycles. The number of hydrogen-bond donors (Lipinski definition) is 1. The molecular weight excluding hydrogens is 470 g/mol. The van der Waals surface area contributed by atoms with Crippen LogP contribution in [0.3, 0.4) is 0 Å². The summed E-state index contributed by atoms with van der Waals surface area (Å²) in [6.07, 6.45) is 0. The molecule has 0 radical (unpaired) electrons. The number of carbonyl (C=O) groups is 1. The predicted octanol–water partition coefficient (Wildman–Crippen LogP) is 5.31. The lowest BCUT2D eigenvalue weighted by atomic mass is 10.1. The summed E-state index contributed by atoms with van der Waals surface area (Å²) in [5, 5.41) is 13.0. The molecule has 0 aliphatic rings. The predicted molar refractivity (Wildman–Crippen MR) is 146 cm³/mol. The highest BCUT2D eigenvalue weighted by Gasteiger charge is 2.20. The van der Waals surface area contributed by atoms with Crippen LogP contribution in [0.15, 0.2) is 64.5 Å². The molecule has 2 heterocycles. The van der Waals surface area contributed by atoms with Crippen LogP contribution in [0.4, 0.5) is 5.69 Å². The molecule has 5 rings (SSSR count). The molecule has 0 aliphatic heterocycles. The number of nitrogens with one attached hydrogen (secondary N) is 1. The van der Waals surface area contributed by atoms with Crippen LogP contribution in [-0.4, -0.2) is 30.8 Å². The molecule has 0 fully saturated rings. The van der Waals surface area contributed by atoms with Crippen molar-refractivity contribution in [2.75, 3.05) is 11.1 Å². The maximum Gasteiger partial charge on any atom is 0.267 e. The summed E-state index contributed by atoms with van der Waals surface area (Å²) >= 11 is 1.29. The van der Waals surface area contributed by atoms with Crippen molar-refractivity contribution in [3.63, 3.8) is 0 Å². The van der Waals surface area contributed by atoms with Gasteiger partial charge in [0.15, 0.2) is 5.16 Å². The summed E-state index contributed by atoms with van der Waals surface area (Å²) in [7, 11) is 0. The number of carbonyl (C=O) groups excluding carboxylic acids is 1. The van der Waals surface area contributed by atoms with Crippen molar-refractivity contribution in [1.82, 2.24) is 19.2 Å². The number of anilines is 1. The molecule has 5 aromatic rings. The molecule has 36 heavy (non-hydrogen) atoms. The normalized spacial score (nSPS) is 11.4. The molecule has 1 amide bonds. The smallest absolute Gasteiger partial charge is 0.267 e. The van der Waals surface area contributed by atoms with Gasteiger partial charge in [-0.15, -0.1) is 10.2 Å². The molecule has 0 bridgehead atoms. The van der Waals surface area contributed by atoms with E-state index in [0.29, 0.717) is 21.8 Å². The zero-order valence-electron chi connectivity index (χ0n) is 20.9. The second-order valence-corrected chi connectivity index (χ2v) is 10.1. The van der Waals surface area contributed by atoms with Gasteiger partial charge in [0.2, 0.25) is 11.7 Å². The monoisotopic (exact) mass is 497 g/mol. The highest BCUT2D eigenvalue weighted by Crippen LogP contribution is 2.27. The van der Waals surface area contributed by atoms with Crippen LogP contribution in [0.25, 0.3) is 22.4 Å². The highest BCUT2D eigenvalue weighted by atomic mass is 32.2. The van der Waals surface area contributed by atoms with Crippen molar-refractivity contribution in [3.8, 4) is 5.69 Å². The van der Waals surface area contributed by atoms with Crippen molar-refractivity contribution in [2.45, 2.75) is 39.8 Å². The van der Waals surface area contributed by atoms with Crippen LogP contribution in [0.2, 0.25) is 0 Å². The number of thioether (sulfide) groups is 1. The van der Waals surface area contributed by atoms with Gasteiger partial charge in [0.1, 0.15) is 0 Å². The van der Waals surface area contributed by atoms with E-state index < -0.39 is 0 Å². The van der Waals surface area contributed by atoms with E-state index >= 15 is 0 Å². The van der Waals surface area contributed by atoms with Crippen LogP contribution in [0.5, 0.6) is 0 Å². The Bertz CT molecular complexity index is 1670. The third kappa shape index (κ3) is 4.07. The molecule has 0 unspecified atom stereocenters. The van der Waals surface area contributed by atoms with E-state index in [1.165, 1.54) is 11.8 Å². The molecule has 0 aliphatic carbocycles. The van der Waals surface area contributed by atoms with E-state index in [1.54, 1.807) is 4.57 Å². The minimum Gasteiger partial charge on any atom is -0.325 e. The van der Waals surface area contributed by atoms with Gasteiger partial charge in [0, 0.05) is 5.69 Å². The molecule has 182 valence electrons. The van der Waals surface area contributed by atoms with E-state index in [1.807, 2.05) is 81.5 Å². The fourth-order valence-corrected chi connectivity index (χ4v) is 5.55. The van der Waals surface area contributed by atoms with E-state index in [4.69, 9.17) is 0 Å². The molecule has 0 saturated carbocycles. The van der Waals surface area contributed by atoms with Gasteiger partial charge in [0.05, 0.1) is 22.3 Å². The Morgan fingerprint density at radius 1 is 0.889 bits per heavy atom. The van der Waals surface area contributed by atoms with Gasteiger partial charge in [-0.05, 0) is 69.0 Å². The van der Waals surface area contributed by atoms with Crippen molar-refractivity contribution < 1.29 is 4.79 Å². The second kappa shape index (κ2) is 9.28. The Morgan fingerprint density at radius 2 is 1.56 bits per heavy atom. The third-order valence-corrected chi connectivity index (χ3v) is 7.26. The maximum atomic E-state index is 13.6. The van der Waals surface area contributed by atoms with Gasteiger partial charge >= 0.3 is 0 Å². The molecule has 0 atom stereocenters. The Morgan fingerprint density at radius 3 is 2.25 bits per heavy atom. The zero-order chi connectivity index (χ0) is 25.6. The number of rotatable bonds is 5. The van der Waals surface area contributed by atoms with Crippen LogP contribution in [-0.2, 0) is 4.79 Å². The van der Waals surface area contributed by atoms with Gasteiger partial charge in [-0.3, -0.25) is 14.0 Å². The molecule has 8 heteroatoms. The first-order chi connectivity index (χ1) is 17.3. The number of aryl methyl sites for hydroxylation is 5. The Kier molecular flexibility index (Phi) is 6.14. The lowest BCUT2D eigenvalue weighted by Gasteiger charge is -2.15. The van der Waals surface area contributed by atoms with Crippen molar-refractivity contribution in [1.29, 1.82) is 0 Å². The Balaban J connectivity index is 1.57. The van der Waals surface area contributed by atoms with Gasteiger partial charge in [-0.2, -0.15) is 0 Å². The topological polar surface area (TPSA) is 81.3 Å². The number of hydrogen-bond acceptors (Lipinski definition) is 5. The second-order valence-electron chi connectivity index (χ2n) is 9.13. The van der Waals surface area contributed by atoms with Crippen molar-refractivity contribution in [3.05, 3.63) is 92.8 Å². The first-order valence-electron chi connectivity index (χ1n) is 11.7. The maximum absolute atomic E-state index is 13.6. The molecule has 0 saturated heterocycles. The molecule has 7 nitrogen and oxygen atoms in total. The fraction of sp³-hybridized carbons (Fsp3) is 0.214. The van der Waals surface area contributed by atoms with E-state index in [-0.39, 0.29) is 17.2 Å². The number of nitrogens with zero attached hydrogens (tertiary/aromatic N) is 4. The van der Waals surface area contributed by atoms with Crippen LogP contribution >= 0.6 is 11.8 Å². The SMILES string of the molecule is Cc1cc(C)c(NC(=O)CSc2nnc3n(-c4c(C)cccc4C)c(=O)c4ccccc4n23)c(C)c1. The Labute approximate surface area is 213 Å². The average Bonchev–Trinajstić information content (AvgIpc) is 3.25. The fourth-order valence-electron chi connectivity index (χ4n) is 4.81. The number of benzene rings is 3. The largest absolute Gasteiger partial charge is 0.325 e. The van der Waals surface area contributed by atoms with Gasteiger partial charge < -0.3 is 5.32 Å². The first kappa shape index (κ1) is 23.8. The summed E-state index contributed by atoms with van der Waals surface area (Å²) < 4.78 is 3.49. The number of fused-ring (bicyclic) bond motifs is 3. The lowest BCUT2D eigenvalue weighted by Crippen LogP contribution is -2.23. The molecule has 2 aromatic heterocycles. The number of amides is 1. The number of para-hydroxylation sites is 2. The van der Waals surface area contributed by atoms with E-state index in [0.717, 1.165) is 39.2 Å². The van der Waals surface area contributed by atoms with Crippen LogP contribution in [0.1, 0.15) is 27.8 Å². The van der Waals surface area contributed by atoms with Gasteiger partial charge in [0.25, 0.3) is 5.56 Å². The summed E-state index contributed by atoms with van der Waals surface area (Å²) in [5.74, 6) is 0.452. The zero-order valence-corrected chi connectivity index (χ0v) is 21.7. The first-order valence-corrected chi connectivity index (χ1v) is 12.7. The molecule has 1 N–H and O–H groups in total. The van der Waals surface area contributed by atoms with Gasteiger partial charge in [-0.25, -0.2) is 4.57 Å². The van der Waals surface area contributed by atoms with Crippen molar-refractivity contribution >= 4 is 40.0 Å². The minimum absolute atomic E-state index is 0.126. The van der Waals surface area contributed by atoms with E-state index in [2.05, 4.69) is 27.6 Å². The standard InChI is InChI=1S/C28H27N5O2S/c1-16-13-19(4)24(20(5)14-16)29-23(34)15-36-28-31-30-27-32(28)22-12-7-6-11-21(22)26(35)33(27)25-17(2)9-8-10-18(25)3/h6-14H,15H2,1-5H3,(H,29,34). The minimum atomic E-state index is -0.150. The van der Waals surface area contributed by atoms with Crippen LogP contribution < -0.4 is 10.9 Å². The molecular formula is C28H27N5O2S. The summed E-state index contributed by atoms with van der Waals surface area (Å²) in [6, 6.07) is 17.5. The quantitative estimate of drug-likeness (QED) is 0.333. The molecule has 0 spiro atoms. The highest BCUT2D eigenvalue weighted by molar-refractivity contribution is 7.99. The van der Waals surface area contributed by atoms with Gasteiger partial charge in [-0.1, -0.05) is 59.8 Å².